The molecular formula is C14H12ClNO2S2. The number of thioether (sulfide) groups is 2. The molecule has 0 radical (unpaired) electrons. The van der Waals surface area contributed by atoms with Crippen LogP contribution in [0.5, 0.6) is 0 Å². The van der Waals surface area contributed by atoms with Crippen molar-refractivity contribution in [3.05, 3.63) is 49.4 Å². The van der Waals surface area contributed by atoms with E-state index in [1.54, 1.807) is 24.3 Å². The number of allylic oxidation sites excluding steroid dienone is 1. The lowest BCUT2D eigenvalue weighted by Gasteiger charge is -2.09. The van der Waals surface area contributed by atoms with Gasteiger partial charge in [0.15, 0.2) is 5.78 Å². The number of Topliss-reactive ketones (excluding diaryl/α,β-unsaturated/α-hetero) is 1. The number of hydrogen-bond donors (Lipinski definition) is 1. The van der Waals surface area contributed by atoms with E-state index in [4.69, 9.17) is 11.6 Å². The lowest BCUT2D eigenvalue weighted by Crippen LogP contribution is -2.19. The number of benzene rings is 1. The lowest BCUT2D eigenvalue weighted by molar-refractivity contribution is -0.118. The summed E-state index contributed by atoms with van der Waals surface area (Å²) in [6.45, 7) is 3.35. The Morgan fingerprint density at radius 2 is 1.85 bits per heavy atom. The molecule has 1 aromatic carbocycles. The Hall–Kier alpha value is -1.17. The molecule has 0 bridgehead atoms. The van der Waals surface area contributed by atoms with Gasteiger partial charge in [-0.2, -0.15) is 0 Å². The summed E-state index contributed by atoms with van der Waals surface area (Å²) in [5, 5.41) is 5.24. The molecule has 1 aliphatic rings. The van der Waals surface area contributed by atoms with Crippen molar-refractivity contribution in [2.45, 2.75) is 13.8 Å². The molecule has 3 nitrogen and oxygen atoms in total. The Balaban J connectivity index is 2.21. The first kappa shape index (κ1) is 15.2. The third-order valence-corrected chi connectivity index (χ3v) is 5.13. The quantitative estimate of drug-likeness (QED) is 0.507. The Morgan fingerprint density at radius 1 is 1.20 bits per heavy atom. The van der Waals surface area contributed by atoms with E-state index in [2.05, 4.69) is 5.32 Å². The molecular weight excluding hydrogens is 314 g/mol. The van der Waals surface area contributed by atoms with Gasteiger partial charge in [0.05, 0.1) is 4.24 Å². The van der Waals surface area contributed by atoms with E-state index in [1.807, 2.05) is 12.3 Å². The third kappa shape index (κ3) is 3.69. The maximum atomic E-state index is 12.3. The van der Waals surface area contributed by atoms with E-state index in [0.29, 0.717) is 10.7 Å². The molecule has 104 valence electrons. The molecule has 1 aromatic rings. The zero-order chi connectivity index (χ0) is 14.7. The van der Waals surface area contributed by atoms with Crippen molar-refractivity contribution in [3.8, 4) is 0 Å². The Labute approximate surface area is 130 Å². The minimum Gasteiger partial charge on any atom is -0.322 e. The molecule has 0 saturated heterocycles. The summed E-state index contributed by atoms with van der Waals surface area (Å²) < 4.78 is 0.724. The molecule has 0 fully saturated rings. The number of amides is 1. The summed E-state index contributed by atoms with van der Waals surface area (Å²) in [5.74, 6) is -0.632. The number of anilines is 1. The van der Waals surface area contributed by atoms with Gasteiger partial charge < -0.3 is 5.32 Å². The number of hydrogen-bond acceptors (Lipinski definition) is 4. The highest BCUT2D eigenvalue weighted by molar-refractivity contribution is 8.28. The highest BCUT2D eigenvalue weighted by Crippen LogP contribution is 2.45. The van der Waals surface area contributed by atoms with Crippen LogP contribution in [0.4, 0.5) is 5.69 Å². The van der Waals surface area contributed by atoms with Crippen molar-refractivity contribution >= 4 is 52.5 Å². The van der Waals surface area contributed by atoms with Crippen molar-refractivity contribution in [2.24, 2.45) is 0 Å². The van der Waals surface area contributed by atoms with Gasteiger partial charge in [0, 0.05) is 10.7 Å². The Kier molecular flexibility index (Phi) is 4.96. The zero-order valence-corrected chi connectivity index (χ0v) is 13.3. The predicted molar refractivity (Wildman–Crippen MR) is 86.7 cm³/mol. The van der Waals surface area contributed by atoms with Gasteiger partial charge in [-0.25, -0.2) is 0 Å². The van der Waals surface area contributed by atoms with Crippen LogP contribution in [0.15, 0.2) is 44.4 Å². The summed E-state index contributed by atoms with van der Waals surface area (Å²) in [7, 11) is 0. The summed E-state index contributed by atoms with van der Waals surface area (Å²) in [6, 6.07) is 6.76. The van der Waals surface area contributed by atoms with Crippen molar-refractivity contribution in [1.82, 2.24) is 0 Å². The Bertz CT molecular complexity index is 621. The topological polar surface area (TPSA) is 46.2 Å². The van der Waals surface area contributed by atoms with Crippen molar-refractivity contribution < 1.29 is 9.59 Å². The molecule has 1 aliphatic heterocycles. The van der Waals surface area contributed by atoms with Crippen molar-refractivity contribution in [3.63, 3.8) is 0 Å². The smallest absolute Gasteiger partial charge is 0.260 e. The summed E-state index contributed by atoms with van der Waals surface area (Å²) in [4.78, 5) is 25.1. The van der Waals surface area contributed by atoms with Gasteiger partial charge in [0.1, 0.15) is 5.57 Å². The number of carbonyl (C=O) groups excluding carboxylic acids is 2. The van der Waals surface area contributed by atoms with Gasteiger partial charge in [-0.05, 0) is 48.4 Å². The lowest BCUT2D eigenvalue weighted by atomic mass is 10.2. The molecule has 20 heavy (non-hydrogen) atoms. The molecule has 0 spiro atoms. The molecule has 6 heteroatoms. The zero-order valence-electron chi connectivity index (χ0n) is 10.9. The van der Waals surface area contributed by atoms with E-state index in [0.717, 1.165) is 9.14 Å². The van der Waals surface area contributed by atoms with Crippen LogP contribution in [0.25, 0.3) is 0 Å². The first-order valence-corrected chi connectivity index (χ1v) is 7.88. The largest absolute Gasteiger partial charge is 0.322 e. The number of carbonyl (C=O) groups is 2. The van der Waals surface area contributed by atoms with Crippen LogP contribution in [0.3, 0.4) is 0 Å². The molecule has 0 saturated carbocycles. The fourth-order valence-corrected chi connectivity index (χ4v) is 4.02. The third-order valence-electron chi connectivity index (χ3n) is 2.47. The maximum absolute atomic E-state index is 12.3. The first-order chi connectivity index (χ1) is 9.47. The van der Waals surface area contributed by atoms with Crippen LogP contribution in [0, 0.1) is 0 Å². The van der Waals surface area contributed by atoms with E-state index < -0.39 is 5.91 Å². The Morgan fingerprint density at radius 3 is 2.35 bits per heavy atom. The van der Waals surface area contributed by atoms with Crippen molar-refractivity contribution in [1.29, 1.82) is 0 Å². The fourth-order valence-electron chi connectivity index (χ4n) is 1.56. The van der Waals surface area contributed by atoms with Crippen LogP contribution in [-0.2, 0) is 9.59 Å². The van der Waals surface area contributed by atoms with E-state index in [9.17, 15) is 9.59 Å². The molecule has 2 rings (SSSR count). The second kappa shape index (κ2) is 6.52. The number of rotatable bonds is 3. The number of nitrogens with one attached hydrogen (secondary N) is 1. The molecule has 0 aliphatic carbocycles. The van der Waals surface area contributed by atoms with Crippen LogP contribution >= 0.6 is 35.1 Å². The van der Waals surface area contributed by atoms with Gasteiger partial charge in [0.2, 0.25) is 0 Å². The monoisotopic (exact) mass is 325 g/mol. The molecule has 1 N–H and O–H groups in total. The summed E-state index contributed by atoms with van der Waals surface area (Å²) in [5.41, 5.74) is 0.805. The molecule has 0 unspecified atom stereocenters. The second-order valence-corrected chi connectivity index (χ2v) is 6.96. The predicted octanol–water partition coefficient (Wildman–Crippen LogP) is 4.42. The minimum absolute atomic E-state index is 0.197. The average molecular weight is 326 g/mol. The van der Waals surface area contributed by atoms with Crippen LogP contribution < -0.4 is 5.32 Å². The SMILES string of the molecule is CC(=O)/C(C(=O)Nc1ccc(Cl)cc1)=C1\SC=C(C)S1. The number of ketones is 1. The molecule has 0 atom stereocenters. The highest BCUT2D eigenvalue weighted by Gasteiger charge is 2.23. The molecule has 1 heterocycles. The first-order valence-electron chi connectivity index (χ1n) is 5.81. The van der Waals surface area contributed by atoms with Gasteiger partial charge in [-0.1, -0.05) is 35.1 Å². The fraction of sp³-hybridized carbons (Fsp3) is 0.143. The van der Waals surface area contributed by atoms with Crippen LogP contribution in [0.1, 0.15) is 13.8 Å². The summed E-state index contributed by atoms with van der Waals surface area (Å²) >= 11 is 8.64. The molecule has 1 amide bonds. The highest BCUT2D eigenvalue weighted by atomic mass is 35.5. The molecule has 0 aromatic heterocycles. The maximum Gasteiger partial charge on any atom is 0.260 e. The van der Waals surface area contributed by atoms with Crippen molar-refractivity contribution in [2.75, 3.05) is 5.32 Å². The normalized spacial score (nSPS) is 16.6. The minimum atomic E-state index is -0.391. The van der Waals surface area contributed by atoms with E-state index >= 15 is 0 Å². The van der Waals surface area contributed by atoms with Gasteiger partial charge in [-0.15, -0.1) is 0 Å². The van der Waals surface area contributed by atoms with Gasteiger partial charge in [0.25, 0.3) is 5.91 Å². The average Bonchev–Trinajstić information content (AvgIpc) is 2.78. The van der Waals surface area contributed by atoms with E-state index in [1.165, 1.54) is 30.4 Å². The van der Waals surface area contributed by atoms with Crippen LogP contribution in [0.2, 0.25) is 5.02 Å². The van der Waals surface area contributed by atoms with Gasteiger partial charge >= 0.3 is 0 Å². The van der Waals surface area contributed by atoms with Gasteiger partial charge in [-0.3, -0.25) is 9.59 Å². The second-order valence-electron chi connectivity index (χ2n) is 4.13. The van der Waals surface area contributed by atoms with E-state index in [-0.39, 0.29) is 11.4 Å². The summed E-state index contributed by atoms with van der Waals surface area (Å²) in [6.07, 6.45) is 0. The standard InChI is InChI=1S/C14H12ClNO2S2/c1-8-7-19-14(20-8)12(9(2)17)13(18)16-11-5-3-10(15)4-6-11/h3-7H,1-2H3,(H,16,18)/b14-12-. The van der Waals surface area contributed by atoms with Crippen LogP contribution in [-0.4, -0.2) is 11.7 Å². The number of halogens is 1.